The lowest BCUT2D eigenvalue weighted by Gasteiger charge is -2.32. The van der Waals surface area contributed by atoms with Crippen LogP contribution < -0.4 is 14.4 Å². The molecule has 0 saturated heterocycles. The lowest BCUT2D eigenvalue weighted by Crippen LogP contribution is -2.49. The number of anilines is 1. The molecule has 0 aromatic heterocycles. The first-order valence-corrected chi connectivity index (χ1v) is 15.2. The highest BCUT2D eigenvalue weighted by atomic mass is 32.2. The fourth-order valence-corrected chi connectivity index (χ4v) is 5.21. The Balaban J connectivity index is 2.26. The number of carbonyl (C=O) groups excluding carboxylic acids is 2. The number of aryl methyl sites for hydroxylation is 1. The van der Waals surface area contributed by atoms with E-state index in [0.29, 0.717) is 49.9 Å². The number of para-hydroxylation sites is 2. The average molecular weight is 546 g/mol. The summed E-state index contributed by atoms with van der Waals surface area (Å²) in [5, 5.41) is 2.97. The Hall–Kier alpha value is -3.07. The molecule has 0 radical (unpaired) electrons. The zero-order chi connectivity index (χ0) is 28.3. The van der Waals surface area contributed by atoms with Gasteiger partial charge in [0, 0.05) is 26.1 Å². The van der Waals surface area contributed by atoms with E-state index in [9.17, 15) is 18.0 Å². The van der Waals surface area contributed by atoms with Gasteiger partial charge in [-0.25, -0.2) is 8.42 Å². The molecule has 0 spiro atoms. The van der Waals surface area contributed by atoms with E-state index < -0.39 is 16.1 Å². The molecular formula is C29H43N3O5S. The van der Waals surface area contributed by atoms with Gasteiger partial charge in [0.05, 0.1) is 18.6 Å². The van der Waals surface area contributed by atoms with Gasteiger partial charge in [0.1, 0.15) is 11.8 Å². The van der Waals surface area contributed by atoms with Crippen LogP contribution in [-0.4, -0.2) is 57.1 Å². The van der Waals surface area contributed by atoms with E-state index in [1.54, 1.807) is 29.2 Å². The third-order valence-corrected chi connectivity index (χ3v) is 7.44. The number of carbonyl (C=O) groups is 2. The molecule has 2 aromatic rings. The highest BCUT2D eigenvalue weighted by Gasteiger charge is 2.29. The zero-order valence-electron chi connectivity index (χ0n) is 23.6. The molecule has 0 aliphatic carbocycles. The lowest BCUT2D eigenvalue weighted by molar-refractivity contribution is -0.141. The van der Waals surface area contributed by atoms with Gasteiger partial charge in [-0.1, -0.05) is 57.2 Å². The topological polar surface area (TPSA) is 96.0 Å². The molecule has 1 atom stereocenters. The van der Waals surface area contributed by atoms with Crippen molar-refractivity contribution in [2.45, 2.75) is 66.5 Å². The summed E-state index contributed by atoms with van der Waals surface area (Å²) < 4.78 is 32.3. The second-order valence-corrected chi connectivity index (χ2v) is 11.8. The van der Waals surface area contributed by atoms with Crippen LogP contribution in [0, 0.1) is 12.8 Å². The Morgan fingerprint density at radius 2 is 1.68 bits per heavy atom. The molecule has 0 bridgehead atoms. The van der Waals surface area contributed by atoms with Crippen LogP contribution in [0.5, 0.6) is 5.75 Å². The largest absolute Gasteiger partial charge is 0.492 e. The fraction of sp³-hybridized carbons (Fsp3) is 0.517. The molecule has 210 valence electrons. The standard InChI is InChI=1S/C29H43N3O5S/c1-7-25(29(34)30-20-22(3)4)31(21-24-15-10-9-14-23(24)5)28(33)18-13-19-32(38(6,35)36)26-16-11-12-17-27(26)37-8-2/h9-12,14-17,22,25H,7-8,13,18-21H2,1-6H3,(H,30,34). The number of hydrogen-bond donors (Lipinski definition) is 1. The summed E-state index contributed by atoms with van der Waals surface area (Å²) in [5.74, 6) is 0.400. The molecule has 0 aliphatic rings. The van der Waals surface area contributed by atoms with Crippen molar-refractivity contribution in [3.05, 3.63) is 59.7 Å². The molecule has 38 heavy (non-hydrogen) atoms. The molecule has 1 N–H and O–H groups in total. The van der Waals surface area contributed by atoms with Crippen molar-refractivity contribution in [3.63, 3.8) is 0 Å². The first-order chi connectivity index (χ1) is 18.0. The molecule has 0 aliphatic heterocycles. The molecule has 8 nitrogen and oxygen atoms in total. The number of hydrogen-bond acceptors (Lipinski definition) is 5. The first-order valence-electron chi connectivity index (χ1n) is 13.3. The van der Waals surface area contributed by atoms with Crippen molar-refractivity contribution >= 4 is 27.5 Å². The lowest BCUT2D eigenvalue weighted by atomic mass is 10.0. The number of amides is 2. The Morgan fingerprint density at radius 3 is 2.29 bits per heavy atom. The predicted octanol–water partition coefficient (Wildman–Crippen LogP) is 4.52. The average Bonchev–Trinajstić information content (AvgIpc) is 2.86. The second-order valence-electron chi connectivity index (χ2n) is 9.85. The number of nitrogens with one attached hydrogen (secondary N) is 1. The van der Waals surface area contributed by atoms with E-state index in [0.717, 1.165) is 17.4 Å². The molecule has 9 heteroatoms. The molecule has 1 unspecified atom stereocenters. The van der Waals surface area contributed by atoms with Crippen LogP contribution >= 0.6 is 0 Å². The van der Waals surface area contributed by atoms with Crippen molar-refractivity contribution in [3.8, 4) is 5.75 Å². The summed E-state index contributed by atoms with van der Waals surface area (Å²) in [4.78, 5) is 28.3. The van der Waals surface area contributed by atoms with Crippen LogP contribution in [0.15, 0.2) is 48.5 Å². The highest BCUT2D eigenvalue weighted by molar-refractivity contribution is 7.92. The number of sulfonamides is 1. The molecule has 0 fully saturated rings. The van der Waals surface area contributed by atoms with Gasteiger partial charge in [0.2, 0.25) is 21.8 Å². The van der Waals surface area contributed by atoms with Gasteiger partial charge < -0.3 is 15.0 Å². The van der Waals surface area contributed by atoms with E-state index in [2.05, 4.69) is 5.32 Å². The Morgan fingerprint density at radius 1 is 1.03 bits per heavy atom. The van der Waals surface area contributed by atoms with Gasteiger partial charge >= 0.3 is 0 Å². The molecule has 2 amide bonds. The van der Waals surface area contributed by atoms with Crippen LogP contribution in [0.4, 0.5) is 5.69 Å². The van der Waals surface area contributed by atoms with E-state index >= 15 is 0 Å². The zero-order valence-corrected chi connectivity index (χ0v) is 24.4. The molecular weight excluding hydrogens is 502 g/mol. The third kappa shape index (κ3) is 9.04. The maximum absolute atomic E-state index is 13.6. The van der Waals surface area contributed by atoms with Gasteiger partial charge in [0.15, 0.2) is 0 Å². The molecule has 2 aromatic carbocycles. The van der Waals surface area contributed by atoms with Crippen LogP contribution in [-0.2, 0) is 26.2 Å². The van der Waals surface area contributed by atoms with Gasteiger partial charge in [-0.3, -0.25) is 13.9 Å². The third-order valence-electron chi connectivity index (χ3n) is 6.26. The van der Waals surface area contributed by atoms with Crippen molar-refractivity contribution in [1.82, 2.24) is 10.2 Å². The van der Waals surface area contributed by atoms with Crippen molar-refractivity contribution in [2.75, 3.05) is 30.3 Å². The first kappa shape index (κ1) is 31.1. The van der Waals surface area contributed by atoms with Crippen molar-refractivity contribution < 1.29 is 22.7 Å². The predicted molar refractivity (Wildman–Crippen MR) is 153 cm³/mol. The minimum absolute atomic E-state index is 0.0999. The summed E-state index contributed by atoms with van der Waals surface area (Å²) in [7, 11) is -3.62. The van der Waals surface area contributed by atoms with Crippen molar-refractivity contribution in [1.29, 1.82) is 0 Å². The monoisotopic (exact) mass is 545 g/mol. The van der Waals surface area contributed by atoms with E-state index in [1.165, 1.54) is 4.31 Å². The highest BCUT2D eigenvalue weighted by Crippen LogP contribution is 2.30. The molecule has 0 heterocycles. The van der Waals surface area contributed by atoms with Gasteiger partial charge in [-0.15, -0.1) is 0 Å². The summed E-state index contributed by atoms with van der Waals surface area (Å²) in [5.41, 5.74) is 2.46. The fourth-order valence-electron chi connectivity index (χ4n) is 4.24. The number of nitrogens with zero attached hydrogens (tertiary/aromatic N) is 2. The van der Waals surface area contributed by atoms with Gasteiger partial charge in [0.25, 0.3) is 0 Å². The number of benzene rings is 2. The van der Waals surface area contributed by atoms with E-state index in [4.69, 9.17) is 4.74 Å². The smallest absolute Gasteiger partial charge is 0.242 e. The second kappa shape index (κ2) is 14.8. The maximum atomic E-state index is 13.6. The van der Waals surface area contributed by atoms with Crippen LogP contribution in [0.2, 0.25) is 0 Å². The Bertz CT molecular complexity index is 1170. The number of ether oxygens (including phenoxy) is 1. The van der Waals surface area contributed by atoms with E-state index in [1.807, 2.05) is 58.9 Å². The Kier molecular flexibility index (Phi) is 12.1. The normalized spacial score (nSPS) is 12.2. The van der Waals surface area contributed by atoms with Crippen molar-refractivity contribution in [2.24, 2.45) is 5.92 Å². The summed E-state index contributed by atoms with van der Waals surface area (Å²) in [6, 6.07) is 14.2. The minimum atomic E-state index is -3.62. The van der Waals surface area contributed by atoms with Crippen LogP contribution in [0.1, 0.15) is 58.1 Å². The van der Waals surface area contributed by atoms with Crippen LogP contribution in [0.3, 0.4) is 0 Å². The van der Waals surface area contributed by atoms with E-state index in [-0.39, 0.29) is 24.8 Å². The number of rotatable bonds is 15. The summed E-state index contributed by atoms with van der Waals surface area (Å²) in [6.45, 7) is 11.1. The summed E-state index contributed by atoms with van der Waals surface area (Å²) in [6.07, 6.45) is 2.01. The SMILES string of the molecule is CCOc1ccccc1N(CCCC(=O)N(Cc1ccccc1C)C(CC)C(=O)NCC(C)C)S(C)(=O)=O. The van der Waals surface area contributed by atoms with Crippen LogP contribution in [0.25, 0.3) is 0 Å². The van der Waals surface area contributed by atoms with Gasteiger partial charge in [-0.05, 0) is 55.9 Å². The maximum Gasteiger partial charge on any atom is 0.242 e. The van der Waals surface area contributed by atoms with Gasteiger partial charge in [-0.2, -0.15) is 0 Å². The molecule has 2 rings (SSSR count). The molecule has 0 saturated carbocycles. The Labute approximate surface area is 228 Å². The minimum Gasteiger partial charge on any atom is -0.492 e. The quantitative estimate of drug-likeness (QED) is 0.355. The summed E-state index contributed by atoms with van der Waals surface area (Å²) >= 11 is 0.